The zero-order chi connectivity index (χ0) is 17.4. The number of sulfonamides is 1. The van der Waals surface area contributed by atoms with Crippen LogP contribution in [0.15, 0.2) is 29.2 Å². The van der Waals surface area contributed by atoms with Gasteiger partial charge in [0.25, 0.3) is 0 Å². The van der Waals surface area contributed by atoms with Gasteiger partial charge in [-0.2, -0.15) is 0 Å². The lowest BCUT2D eigenvalue weighted by atomic mass is 10.2. The Hall–Kier alpha value is -1.28. The molecule has 0 aliphatic heterocycles. The van der Waals surface area contributed by atoms with Gasteiger partial charge in [0.2, 0.25) is 10.0 Å². The minimum Gasteiger partial charge on any atom is -0.207 e. The van der Waals surface area contributed by atoms with Crippen LogP contribution >= 0.6 is 23.2 Å². The van der Waals surface area contributed by atoms with E-state index in [4.69, 9.17) is 23.2 Å². The Labute approximate surface area is 141 Å². The number of nitrogens with one attached hydrogen (secondary N) is 1. The van der Waals surface area contributed by atoms with Gasteiger partial charge in [-0.1, -0.05) is 23.2 Å². The van der Waals surface area contributed by atoms with Gasteiger partial charge in [-0.3, -0.25) is 0 Å². The first-order chi connectivity index (χ1) is 10.6. The molecule has 124 valence electrons. The van der Waals surface area contributed by atoms with Crippen LogP contribution in [0.1, 0.15) is 11.1 Å². The smallest absolute Gasteiger partial charge is 0.207 e. The Morgan fingerprint density at radius 3 is 2.13 bits per heavy atom. The van der Waals surface area contributed by atoms with Crippen LogP contribution in [0.2, 0.25) is 10.0 Å². The lowest BCUT2D eigenvalue weighted by Gasteiger charge is -2.10. The normalized spacial score (nSPS) is 11.7. The van der Waals surface area contributed by atoms with Crippen LogP contribution in [0.3, 0.4) is 0 Å². The van der Waals surface area contributed by atoms with Gasteiger partial charge in [0.05, 0.1) is 5.02 Å². The maximum atomic E-state index is 13.1. The van der Waals surface area contributed by atoms with Crippen molar-refractivity contribution in [3.8, 4) is 0 Å². The Kier molecular flexibility index (Phi) is 5.25. The first kappa shape index (κ1) is 18.1. The first-order valence-corrected chi connectivity index (χ1v) is 8.44. The molecule has 0 saturated heterocycles. The molecule has 0 atom stereocenters. The van der Waals surface area contributed by atoms with Crippen LogP contribution in [0, 0.1) is 24.4 Å². The van der Waals surface area contributed by atoms with E-state index in [0.29, 0.717) is 22.7 Å². The standard InChI is InChI=1S/C14H10Cl2F3NO2S/c1-7-2-13(10(16)5-9(7)15)23(21,22)20-6-8-3-11(17)14(19)12(18)4-8/h2-5,20H,6H2,1H3. The van der Waals surface area contributed by atoms with E-state index in [1.165, 1.54) is 12.1 Å². The predicted octanol–water partition coefficient (Wildman–Crippen LogP) is 4.20. The molecular weight excluding hydrogens is 374 g/mol. The van der Waals surface area contributed by atoms with E-state index in [2.05, 4.69) is 4.72 Å². The highest BCUT2D eigenvalue weighted by molar-refractivity contribution is 7.89. The number of hydrogen-bond donors (Lipinski definition) is 1. The molecule has 2 rings (SSSR count). The molecule has 0 saturated carbocycles. The van der Waals surface area contributed by atoms with Crippen LogP contribution in [-0.2, 0) is 16.6 Å². The fraction of sp³-hybridized carbons (Fsp3) is 0.143. The molecule has 9 heteroatoms. The van der Waals surface area contributed by atoms with Crippen LogP contribution in [-0.4, -0.2) is 8.42 Å². The molecule has 1 N–H and O–H groups in total. The predicted molar refractivity (Wildman–Crippen MR) is 81.5 cm³/mol. The second-order valence-electron chi connectivity index (χ2n) is 4.73. The fourth-order valence-electron chi connectivity index (χ4n) is 1.80. The highest BCUT2D eigenvalue weighted by Crippen LogP contribution is 2.28. The summed E-state index contributed by atoms with van der Waals surface area (Å²) < 4.78 is 65.7. The Bertz CT molecular complexity index is 850. The van der Waals surface area contributed by atoms with Gasteiger partial charge in [0.1, 0.15) is 4.90 Å². The van der Waals surface area contributed by atoms with Crippen molar-refractivity contribution in [1.82, 2.24) is 4.72 Å². The summed E-state index contributed by atoms with van der Waals surface area (Å²) in [5.74, 6) is -4.42. The molecule has 2 aromatic rings. The van der Waals surface area contributed by atoms with Gasteiger partial charge < -0.3 is 0 Å². The molecule has 0 spiro atoms. The molecule has 0 amide bonds. The third kappa shape index (κ3) is 3.98. The topological polar surface area (TPSA) is 46.2 Å². The van der Waals surface area contributed by atoms with Gasteiger partial charge in [0.15, 0.2) is 17.5 Å². The zero-order valence-corrected chi connectivity index (χ0v) is 14.0. The molecule has 0 aliphatic rings. The van der Waals surface area contributed by atoms with E-state index in [1.54, 1.807) is 6.92 Å². The SMILES string of the molecule is Cc1cc(S(=O)(=O)NCc2cc(F)c(F)c(F)c2)c(Cl)cc1Cl. The van der Waals surface area contributed by atoms with Crippen molar-refractivity contribution in [3.05, 3.63) is 62.9 Å². The molecular formula is C14H10Cl2F3NO2S. The van der Waals surface area contributed by atoms with E-state index in [-0.39, 0.29) is 15.5 Å². The van der Waals surface area contributed by atoms with Crippen molar-refractivity contribution >= 4 is 33.2 Å². The highest BCUT2D eigenvalue weighted by atomic mass is 35.5. The Morgan fingerprint density at radius 2 is 1.57 bits per heavy atom. The minimum absolute atomic E-state index is 0.0771. The molecule has 0 fully saturated rings. The van der Waals surface area contributed by atoms with Gasteiger partial charge in [0, 0.05) is 11.6 Å². The minimum atomic E-state index is -4.04. The van der Waals surface area contributed by atoms with Gasteiger partial charge in [-0.15, -0.1) is 0 Å². The monoisotopic (exact) mass is 383 g/mol. The third-order valence-electron chi connectivity index (χ3n) is 3.01. The summed E-state index contributed by atoms with van der Waals surface area (Å²) in [7, 11) is -4.04. The number of rotatable bonds is 4. The summed E-state index contributed by atoms with van der Waals surface area (Å²) in [5.41, 5.74) is 0.419. The average molecular weight is 384 g/mol. The van der Waals surface area contributed by atoms with Crippen molar-refractivity contribution < 1.29 is 21.6 Å². The third-order valence-corrected chi connectivity index (χ3v) is 5.29. The number of halogens is 5. The quantitative estimate of drug-likeness (QED) is 0.804. The lowest BCUT2D eigenvalue weighted by molar-refractivity contribution is 0.445. The molecule has 23 heavy (non-hydrogen) atoms. The molecule has 0 unspecified atom stereocenters. The summed E-state index contributed by atoms with van der Waals surface area (Å²) in [6.07, 6.45) is 0. The van der Waals surface area contributed by atoms with E-state index >= 15 is 0 Å². The molecule has 0 aromatic heterocycles. The number of aryl methyl sites for hydroxylation is 1. The summed E-state index contributed by atoms with van der Waals surface area (Å²) >= 11 is 11.7. The summed E-state index contributed by atoms with van der Waals surface area (Å²) in [4.78, 5) is -0.218. The second-order valence-corrected chi connectivity index (χ2v) is 7.28. The molecule has 3 nitrogen and oxygen atoms in total. The van der Waals surface area contributed by atoms with Gasteiger partial charge >= 0.3 is 0 Å². The first-order valence-electron chi connectivity index (χ1n) is 6.20. The van der Waals surface area contributed by atoms with Crippen molar-refractivity contribution in [2.45, 2.75) is 18.4 Å². The summed E-state index contributed by atoms with van der Waals surface area (Å²) in [5, 5.41) is 0.209. The van der Waals surface area contributed by atoms with E-state index in [0.717, 1.165) is 0 Å². The molecule has 0 aliphatic carbocycles. The molecule has 0 bridgehead atoms. The Morgan fingerprint density at radius 1 is 1.00 bits per heavy atom. The van der Waals surface area contributed by atoms with Crippen molar-refractivity contribution in [2.24, 2.45) is 0 Å². The lowest BCUT2D eigenvalue weighted by Crippen LogP contribution is -2.24. The number of hydrogen-bond acceptors (Lipinski definition) is 2. The van der Waals surface area contributed by atoms with Crippen molar-refractivity contribution in [3.63, 3.8) is 0 Å². The van der Waals surface area contributed by atoms with E-state index in [1.807, 2.05) is 0 Å². The van der Waals surface area contributed by atoms with E-state index in [9.17, 15) is 21.6 Å². The molecule has 0 radical (unpaired) electrons. The summed E-state index contributed by atoms with van der Waals surface area (Å²) in [6, 6.07) is 3.97. The van der Waals surface area contributed by atoms with Gasteiger partial charge in [-0.05, 0) is 42.3 Å². The van der Waals surface area contributed by atoms with Gasteiger partial charge in [-0.25, -0.2) is 26.3 Å². The van der Waals surface area contributed by atoms with Crippen LogP contribution in [0.25, 0.3) is 0 Å². The van der Waals surface area contributed by atoms with Crippen LogP contribution < -0.4 is 4.72 Å². The maximum Gasteiger partial charge on any atom is 0.242 e. The van der Waals surface area contributed by atoms with Crippen LogP contribution in [0.4, 0.5) is 13.2 Å². The second kappa shape index (κ2) is 6.68. The summed E-state index contributed by atoms with van der Waals surface area (Å²) in [6.45, 7) is 1.16. The molecule has 0 heterocycles. The average Bonchev–Trinajstić information content (AvgIpc) is 2.46. The zero-order valence-electron chi connectivity index (χ0n) is 11.6. The number of benzene rings is 2. The maximum absolute atomic E-state index is 13.1. The highest BCUT2D eigenvalue weighted by Gasteiger charge is 2.20. The Balaban J connectivity index is 2.28. The molecule has 2 aromatic carbocycles. The fourth-order valence-corrected chi connectivity index (χ4v) is 3.65. The van der Waals surface area contributed by atoms with E-state index < -0.39 is 34.0 Å². The van der Waals surface area contributed by atoms with Crippen LogP contribution in [0.5, 0.6) is 0 Å². The largest absolute Gasteiger partial charge is 0.242 e. The van der Waals surface area contributed by atoms with Crippen molar-refractivity contribution in [2.75, 3.05) is 0 Å². The van der Waals surface area contributed by atoms with Crippen molar-refractivity contribution in [1.29, 1.82) is 0 Å².